The van der Waals surface area contributed by atoms with Gasteiger partial charge in [-0.05, 0) is 18.4 Å². The number of non-ortho nitro benzene ring substituents is 2. The molecule has 0 unspecified atom stereocenters. The molecule has 1 fully saturated rings. The maximum Gasteiger partial charge on any atom is 0.277 e. The molecule has 1 heterocycles. The molecule has 1 atom stereocenters. The number of hydrogen-bond acceptors (Lipinski definition) is 7. The largest absolute Gasteiger partial charge is 0.327 e. The lowest BCUT2D eigenvalue weighted by Gasteiger charge is -2.23. The lowest BCUT2D eigenvalue weighted by Crippen LogP contribution is -2.44. The van der Waals surface area contributed by atoms with Crippen molar-refractivity contribution >= 4 is 29.4 Å². The third kappa shape index (κ3) is 4.63. The van der Waals surface area contributed by atoms with Crippen molar-refractivity contribution in [2.24, 2.45) is 5.10 Å². The SMILES string of the molecule is O=C(N/N=C\c1ccccc1)[C@@H]1CCCN1C(=O)c1cc([N+](=O)[O-])cc([N+](=O)[O-])c1. The summed E-state index contributed by atoms with van der Waals surface area (Å²) < 4.78 is 0. The number of nitro benzene ring substituents is 2. The normalized spacial score (nSPS) is 15.9. The van der Waals surface area contributed by atoms with E-state index < -0.39 is 39.1 Å². The van der Waals surface area contributed by atoms with Crippen molar-refractivity contribution in [1.29, 1.82) is 0 Å². The lowest BCUT2D eigenvalue weighted by molar-refractivity contribution is -0.394. The summed E-state index contributed by atoms with van der Waals surface area (Å²) >= 11 is 0. The fraction of sp³-hybridized carbons (Fsp3) is 0.211. The van der Waals surface area contributed by atoms with Gasteiger partial charge in [0.2, 0.25) is 0 Å². The van der Waals surface area contributed by atoms with E-state index in [0.717, 1.165) is 23.8 Å². The van der Waals surface area contributed by atoms with Crippen molar-refractivity contribution in [3.8, 4) is 0 Å². The molecule has 0 radical (unpaired) electrons. The second-order valence-electron chi connectivity index (χ2n) is 6.55. The van der Waals surface area contributed by atoms with Gasteiger partial charge in [0.25, 0.3) is 23.2 Å². The molecule has 0 aromatic heterocycles. The highest BCUT2D eigenvalue weighted by Gasteiger charge is 2.35. The van der Waals surface area contributed by atoms with Crippen molar-refractivity contribution in [3.63, 3.8) is 0 Å². The van der Waals surface area contributed by atoms with Gasteiger partial charge in [0.1, 0.15) is 6.04 Å². The number of amides is 2. The van der Waals surface area contributed by atoms with Crippen molar-refractivity contribution in [3.05, 3.63) is 79.9 Å². The molecule has 1 aliphatic rings. The van der Waals surface area contributed by atoms with Crippen LogP contribution in [0.25, 0.3) is 0 Å². The van der Waals surface area contributed by atoms with Crippen LogP contribution in [0, 0.1) is 20.2 Å². The number of carbonyl (C=O) groups excluding carboxylic acids is 2. The minimum atomic E-state index is -0.830. The Morgan fingerprint density at radius 2 is 1.70 bits per heavy atom. The summed E-state index contributed by atoms with van der Waals surface area (Å²) in [6.07, 6.45) is 2.39. The smallest absolute Gasteiger partial charge is 0.277 e. The maximum absolute atomic E-state index is 12.9. The van der Waals surface area contributed by atoms with E-state index in [1.807, 2.05) is 18.2 Å². The Morgan fingerprint density at radius 1 is 1.07 bits per heavy atom. The molecular weight excluding hydrogens is 394 g/mol. The van der Waals surface area contributed by atoms with Gasteiger partial charge in [0.15, 0.2) is 0 Å². The van der Waals surface area contributed by atoms with Crippen LogP contribution in [-0.4, -0.2) is 45.4 Å². The van der Waals surface area contributed by atoms with Crippen LogP contribution in [0.5, 0.6) is 0 Å². The summed E-state index contributed by atoms with van der Waals surface area (Å²) in [6.45, 7) is 0.246. The fourth-order valence-electron chi connectivity index (χ4n) is 3.16. The molecule has 0 bridgehead atoms. The maximum atomic E-state index is 12.9. The third-order valence-electron chi connectivity index (χ3n) is 4.58. The van der Waals surface area contributed by atoms with Gasteiger partial charge in [0.05, 0.1) is 27.7 Å². The molecular formula is C19H17N5O6. The van der Waals surface area contributed by atoms with Gasteiger partial charge in [0, 0.05) is 18.7 Å². The Hall–Kier alpha value is -4.15. The van der Waals surface area contributed by atoms with Crippen LogP contribution >= 0.6 is 0 Å². The second kappa shape index (κ2) is 8.90. The number of carbonyl (C=O) groups is 2. The second-order valence-corrected chi connectivity index (χ2v) is 6.55. The number of rotatable bonds is 6. The van der Waals surface area contributed by atoms with Crippen molar-refractivity contribution < 1.29 is 19.4 Å². The van der Waals surface area contributed by atoms with Crippen molar-refractivity contribution in [1.82, 2.24) is 10.3 Å². The average molecular weight is 411 g/mol. The summed E-state index contributed by atoms with van der Waals surface area (Å²) in [6, 6.07) is 11.0. The van der Waals surface area contributed by atoms with Gasteiger partial charge < -0.3 is 4.90 Å². The molecule has 154 valence electrons. The van der Waals surface area contributed by atoms with Gasteiger partial charge in [-0.3, -0.25) is 29.8 Å². The quantitative estimate of drug-likeness (QED) is 0.438. The highest BCUT2D eigenvalue weighted by molar-refractivity contribution is 5.99. The Kier molecular flexibility index (Phi) is 6.11. The number of nitro groups is 2. The van der Waals surface area contributed by atoms with E-state index in [-0.39, 0.29) is 12.1 Å². The number of hydrazone groups is 1. The Morgan fingerprint density at radius 3 is 2.30 bits per heavy atom. The number of benzene rings is 2. The molecule has 0 aliphatic carbocycles. The summed E-state index contributed by atoms with van der Waals surface area (Å²) in [5, 5.41) is 26.0. The standard InChI is InChI=1S/C19H17N5O6/c25-18(21-20-12-13-5-2-1-3-6-13)17-7-4-8-22(17)19(26)14-9-15(23(27)28)11-16(10-14)24(29)30/h1-3,5-6,9-12,17H,4,7-8H2,(H,21,25)/b20-12-/t17-/m0/s1. The van der Waals surface area contributed by atoms with Crippen molar-refractivity contribution in [2.75, 3.05) is 6.54 Å². The van der Waals surface area contributed by atoms with Crippen LogP contribution < -0.4 is 5.43 Å². The Bertz CT molecular complexity index is 991. The highest BCUT2D eigenvalue weighted by atomic mass is 16.6. The molecule has 3 rings (SSSR count). The number of hydrogen-bond donors (Lipinski definition) is 1. The van der Waals surface area contributed by atoms with Crippen LogP contribution in [-0.2, 0) is 4.79 Å². The van der Waals surface area contributed by atoms with Gasteiger partial charge in [-0.2, -0.15) is 5.10 Å². The van der Waals surface area contributed by atoms with Crippen LogP contribution in [0.4, 0.5) is 11.4 Å². The highest BCUT2D eigenvalue weighted by Crippen LogP contribution is 2.26. The molecule has 1 N–H and O–H groups in total. The van der Waals surface area contributed by atoms with E-state index >= 15 is 0 Å². The number of likely N-dealkylation sites (tertiary alicyclic amines) is 1. The van der Waals surface area contributed by atoms with Gasteiger partial charge >= 0.3 is 0 Å². The van der Waals surface area contributed by atoms with E-state index in [9.17, 15) is 29.8 Å². The molecule has 2 aromatic rings. The number of nitrogens with zero attached hydrogens (tertiary/aromatic N) is 4. The average Bonchev–Trinajstić information content (AvgIpc) is 3.23. The third-order valence-corrected chi connectivity index (χ3v) is 4.58. The van der Waals surface area contributed by atoms with Crippen LogP contribution in [0.2, 0.25) is 0 Å². The summed E-state index contributed by atoms with van der Waals surface area (Å²) in [5.74, 6) is -1.19. The molecule has 1 aliphatic heterocycles. The Balaban J connectivity index is 1.77. The lowest BCUT2D eigenvalue weighted by atomic mass is 10.1. The van der Waals surface area contributed by atoms with Crippen LogP contribution in [0.1, 0.15) is 28.8 Å². The molecule has 1 saturated heterocycles. The molecule has 0 spiro atoms. The Labute approximate surface area is 170 Å². The van der Waals surface area contributed by atoms with E-state index in [4.69, 9.17) is 0 Å². The first-order chi connectivity index (χ1) is 14.4. The monoisotopic (exact) mass is 411 g/mol. The zero-order valence-electron chi connectivity index (χ0n) is 15.6. The van der Waals surface area contributed by atoms with Gasteiger partial charge in [-0.1, -0.05) is 30.3 Å². The predicted octanol–water partition coefficient (Wildman–Crippen LogP) is 2.26. The summed E-state index contributed by atoms with van der Waals surface area (Å²) in [5.41, 5.74) is 1.81. The minimum absolute atomic E-state index is 0.219. The first-order valence-corrected chi connectivity index (χ1v) is 8.99. The van der Waals surface area contributed by atoms with Crippen LogP contribution in [0.3, 0.4) is 0 Å². The first kappa shape index (κ1) is 20.6. The van der Waals surface area contributed by atoms with E-state index in [0.29, 0.717) is 12.8 Å². The summed E-state index contributed by atoms with van der Waals surface area (Å²) in [4.78, 5) is 47.1. The molecule has 2 aromatic carbocycles. The summed E-state index contributed by atoms with van der Waals surface area (Å²) in [7, 11) is 0. The molecule has 30 heavy (non-hydrogen) atoms. The van der Waals surface area contributed by atoms with Gasteiger partial charge in [-0.15, -0.1) is 0 Å². The van der Waals surface area contributed by atoms with E-state index in [1.54, 1.807) is 12.1 Å². The zero-order valence-corrected chi connectivity index (χ0v) is 15.6. The zero-order chi connectivity index (χ0) is 21.7. The molecule has 2 amide bonds. The predicted molar refractivity (Wildman–Crippen MR) is 106 cm³/mol. The molecule has 11 nitrogen and oxygen atoms in total. The van der Waals surface area contributed by atoms with E-state index in [2.05, 4.69) is 10.5 Å². The molecule has 11 heteroatoms. The van der Waals surface area contributed by atoms with Crippen molar-refractivity contribution in [2.45, 2.75) is 18.9 Å². The molecule has 0 saturated carbocycles. The fourth-order valence-corrected chi connectivity index (χ4v) is 3.16. The number of nitrogens with one attached hydrogen (secondary N) is 1. The van der Waals surface area contributed by atoms with Crippen LogP contribution in [0.15, 0.2) is 53.6 Å². The first-order valence-electron chi connectivity index (χ1n) is 8.99. The van der Waals surface area contributed by atoms with Gasteiger partial charge in [-0.25, -0.2) is 5.43 Å². The topological polar surface area (TPSA) is 148 Å². The minimum Gasteiger partial charge on any atom is -0.327 e. The van der Waals surface area contributed by atoms with E-state index in [1.165, 1.54) is 11.1 Å².